The summed E-state index contributed by atoms with van der Waals surface area (Å²) >= 11 is 0. The van der Waals surface area contributed by atoms with Gasteiger partial charge in [-0.3, -0.25) is 23.9 Å². The molecule has 0 saturated carbocycles. The van der Waals surface area contributed by atoms with Gasteiger partial charge in [0.15, 0.2) is 11.2 Å². The van der Waals surface area contributed by atoms with E-state index in [2.05, 4.69) is 15.0 Å². The Morgan fingerprint density at radius 1 is 1.23 bits per heavy atom. The fraction of sp³-hybridized carbons (Fsp3) is 0.588. The average Bonchev–Trinajstić information content (AvgIpc) is 2.96. The van der Waals surface area contributed by atoms with Crippen LogP contribution < -0.4 is 11.3 Å². The Balaban J connectivity index is 2.11. The molecular formula is C17H25N5O4. The summed E-state index contributed by atoms with van der Waals surface area (Å²) in [5.41, 5.74) is 5.59. The molecule has 2 rings (SSSR count). The van der Waals surface area contributed by atoms with Gasteiger partial charge in [-0.1, -0.05) is 13.8 Å². The molecule has 0 spiro atoms. The van der Waals surface area contributed by atoms with Crippen molar-refractivity contribution in [2.75, 3.05) is 5.73 Å². The lowest BCUT2D eigenvalue weighted by Crippen LogP contribution is -2.23. The van der Waals surface area contributed by atoms with Crippen LogP contribution in [-0.2, 0) is 21.1 Å². The first-order valence-corrected chi connectivity index (χ1v) is 8.80. The highest BCUT2D eigenvalue weighted by molar-refractivity contribution is 5.82. The maximum atomic E-state index is 12.0. The smallest absolute Gasteiger partial charge is 0.280 e. The van der Waals surface area contributed by atoms with E-state index in [9.17, 15) is 14.4 Å². The van der Waals surface area contributed by atoms with Crippen LogP contribution in [0.4, 0.5) is 5.95 Å². The zero-order valence-corrected chi connectivity index (χ0v) is 15.2. The number of imidazole rings is 1. The van der Waals surface area contributed by atoms with Crippen molar-refractivity contribution in [3.8, 4) is 0 Å². The molecule has 0 atom stereocenters. The number of aromatic amines is 1. The molecule has 0 aliphatic heterocycles. The second kappa shape index (κ2) is 9.23. The summed E-state index contributed by atoms with van der Waals surface area (Å²) in [6.07, 6.45) is 3.72. The Kier molecular flexibility index (Phi) is 7.02. The lowest BCUT2D eigenvalue weighted by Gasteiger charge is -2.17. The van der Waals surface area contributed by atoms with E-state index in [0.29, 0.717) is 18.5 Å². The summed E-state index contributed by atoms with van der Waals surface area (Å²) in [4.78, 5) is 46.2. The van der Waals surface area contributed by atoms with Crippen molar-refractivity contribution in [1.82, 2.24) is 19.5 Å². The molecule has 26 heavy (non-hydrogen) atoms. The number of anilines is 1. The fourth-order valence-corrected chi connectivity index (χ4v) is 2.71. The van der Waals surface area contributed by atoms with Crippen LogP contribution in [0.15, 0.2) is 11.1 Å². The van der Waals surface area contributed by atoms with Gasteiger partial charge in [0.05, 0.1) is 12.4 Å². The van der Waals surface area contributed by atoms with Crippen LogP contribution >= 0.6 is 0 Å². The Morgan fingerprint density at radius 3 is 2.42 bits per heavy atom. The van der Waals surface area contributed by atoms with Gasteiger partial charge in [-0.05, 0) is 12.8 Å². The summed E-state index contributed by atoms with van der Waals surface area (Å²) in [6.45, 7) is 3.89. The molecule has 0 aromatic carbocycles. The van der Waals surface area contributed by atoms with Crippen LogP contribution in [0.5, 0.6) is 0 Å². The normalized spacial score (nSPS) is 11.3. The standard InChI is InChI=1S/C17H25N5O4/c1-3-5-11(23)7-13(8-12(24)6-4-2)26-10-22-9-19-14-15(22)20-17(18)21-16(14)25/h9,13H,3-8,10H2,1-2H3,(H3,18,20,21,25). The molecule has 9 nitrogen and oxygen atoms in total. The molecule has 0 radical (unpaired) electrons. The maximum absolute atomic E-state index is 12.0. The van der Waals surface area contributed by atoms with Crippen LogP contribution in [-0.4, -0.2) is 37.2 Å². The molecule has 2 heterocycles. The minimum absolute atomic E-state index is 0.0166. The van der Waals surface area contributed by atoms with Gasteiger partial charge >= 0.3 is 0 Å². The van der Waals surface area contributed by atoms with Crippen LogP contribution in [0.25, 0.3) is 11.2 Å². The van der Waals surface area contributed by atoms with E-state index >= 15 is 0 Å². The highest BCUT2D eigenvalue weighted by Crippen LogP contribution is 2.13. The number of nitrogen functional groups attached to an aromatic ring is 1. The molecule has 0 bridgehead atoms. The average molecular weight is 363 g/mol. The Bertz CT molecular complexity index is 806. The van der Waals surface area contributed by atoms with Crippen LogP contribution in [0.1, 0.15) is 52.4 Å². The van der Waals surface area contributed by atoms with E-state index in [1.807, 2.05) is 13.8 Å². The number of aromatic nitrogens is 4. The molecular weight excluding hydrogens is 338 g/mol. The van der Waals surface area contributed by atoms with Crippen molar-refractivity contribution >= 4 is 28.7 Å². The highest BCUT2D eigenvalue weighted by atomic mass is 16.5. The molecule has 0 amide bonds. The van der Waals surface area contributed by atoms with Gasteiger partial charge in [-0.15, -0.1) is 0 Å². The van der Waals surface area contributed by atoms with Crippen molar-refractivity contribution in [2.24, 2.45) is 0 Å². The number of ether oxygens (including phenoxy) is 1. The molecule has 2 aromatic heterocycles. The number of nitrogens with one attached hydrogen (secondary N) is 1. The number of hydrogen-bond acceptors (Lipinski definition) is 7. The van der Waals surface area contributed by atoms with Crippen molar-refractivity contribution in [3.05, 3.63) is 16.7 Å². The van der Waals surface area contributed by atoms with Crippen LogP contribution in [0.3, 0.4) is 0 Å². The monoisotopic (exact) mass is 363 g/mol. The van der Waals surface area contributed by atoms with Gasteiger partial charge in [0, 0.05) is 25.7 Å². The number of carbonyl (C=O) groups is 2. The van der Waals surface area contributed by atoms with E-state index in [-0.39, 0.29) is 42.6 Å². The molecule has 3 N–H and O–H groups in total. The number of nitrogens with two attached hydrogens (primary N) is 1. The lowest BCUT2D eigenvalue weighted by atomic mass is 10.0. The lowest BCUT2D eigenvalue weighted by molar-refractivity contribution is -0.127. The number of fused-ring (bicyclic) bond motifs is 1. The minimum atomic E-state index is -0.509. The number of hydrogen-bond donors (Lipinski definition) is 2. The molecule has 9 heteroatoms. The van der Waals surface area contributed by atoms with Crippen molar-refractivity contribution in [2.45, 2.75) is 65.2 Å². The van der Waals surface area contributed by atoms with Crippen LogP contribution in [0.2, 0.25) is 0 Å². The third-order valence-electron chi connectivity index (χ3n) is 3.91. The highest BCUT2D eigenvalue weighted by Gasteiger charge is 2.19. The van der Waals surface area contributed by atoms with Gasteiger partial charge in [-0.25, -0.2) is 4.98 Å². The Labute approximate surface area is 151 Å². The Morgan fingerprint density at radius 2 is 1.85 bits per heavy atom. The molecule has 2 aromatic rings. The molecule has 142 valence electrons. The van der Waals surface area contributed by atoms with Crippen molar-refractivity contribution < 1.29 is 14.3 Å². The molecule has 0 fully saturated rings. The fourth-order valence-electron chi connectivity index (χ4n) is 2.71. The van der Waals surface area contributed by atoms with Gasteiger partial charge in [0.25, 0.3) is 5.56 Å². The first-order valence-electron chi connectivity index (χ1n) is 8.80. The maximum Gasteiger partial charge on any atom is 0.280 e. The van der Waals surface area contributed by atoms with Crippen molar-refractivity contribution in [3.63, 3.8) is 0 Å². The van der Waals surface area contributed by atoms with E-state index in [0.717, 1.165) is 12.8 Å². The number of Topliss-reactive ketones (excluding diaryl/α,β-unsaturated/α-hetero) is 2. The number of nitrogens with zero attached hydrogens (tertiary/aromatic N) is 3. The second-order valence-corrected chi connectivity index (χ2v) is 6.24. The van der Waals surface area contributed by atoms with E-state index in [1.165, 1.54) is 10.9 Å². The quantitative estimate of drug-likeness (QED) is 0.619. The predicted octanol–water partition coefficient (Wildman–Crippen LogP) is 1.56. The van der Waals surface area contributed by atoms with E-state index in [1.54, 1.807) is 0 Å². The van der Waals surface area contributed by atoms with Gasteiger partial charge in [-0.2, -0.15) is 4.98 Å². The predicted molar refractivity (Wildman–Crippen MR) is 96.5 cm³/mol. The topological polar surface area (TPSA) is 133 Å². The zero-order valence-electron chi connectivity index (χ0n) is 15.2. The van der Waals surface area contributed by atoms with E-state index < -0.39 is 11.7 Å². The molecule has 0 aliphatic carbocycles. The molecule has 0 unspecified atom stereocenters. The number of ketones is 2. The third kappa shape index (κ3) is 5.22. The summed E-state index contributed by atoms with van der Waals surface area (Å²) in [5, 5.41) is 0. The van der Waals surface area contributed by atoms with Gasteiger partial charge in [0.1, 0.15) is 18.3 Å². The van der Waals surface area contributed by atoms with Gasteiger partial charge in [0.2, 0.25) is 5.95 Å². The SMILES string of the molecule is CCCC(=O)CC(CC(=O)CCC)OCn1cnc2c(=O)[nH]c(N)nc21. The number of rotatable bonds is 11. The third-order valence-corrected chi connectivity index (χ3v) is 3.91. The summed E-state index contributed by atoms with van der Waals surface area (Å²) in [5.74, 6) is 0.115. The number of H-pyrrole nitrogens is 1. The number of carbonyl (C=O) groups excluding carboxylic acids is 2. The van der Waals surface area contributed by atoms with Gasteiger partial charge < -0.3 is 10.5 Å². The minimum Gasteiger partial charge on any atom is -0.369 e. The van der Waals surface area contributed by atoms with Crippen LogP contribution in [0, 0.1) is 0 Å². The van der Waals surface area contributed by atoms with E-state index in [4.69, 9.17) is 10.5 Å². The largest absolute Gasteiger partial charge is 0.369 e. The first-order chi connectivity index (χ1) is 12.4. The zero-order chi connectivity index (χ0) is 19.1. The first kappa shape index (κ1) is 19.8. The second-order valence-electron chi connectivity index (χ2n) is 6.24. The summed E-state index contributed by atoms with van der Waals surface area (Å²) in [6, 6.07) is 0. The molecule has 0 saturated heterocycles. The summed E-state index contributed by atoms with van der Waals surface area (Å²) in [7, 11) is 0. The van der Waals surface area contributed by atoms with Crippen molar-refractivity contribution in [1.29, 1.82) is 0 Å². The molecule has 0 aliphatic rings. The summed E-state index contributed by atoms with van der Waals surface area (Å²) < 4.78 is 7.33. The Hall–Kier alpha value is -2.55.